The van der Waals surface area contributed by atoms with Crippen LogP contribution in [0, 0.1) is 5.41 Å². The van der Waals surface area contributed by atoms with Gasteiger partial charge in [-0.2, -0.15) is 26.3 Å². The predicted molar refractivity (Wildman–Crippen MR) is 153 cm³/mol. The van der Waals surface area contributed by atoms with Crippen LogP contribution in [0.25, 0.3) is 11.1 Å². The zero-order chi connectivity index (χ0) is 31.7. The van der Waals surface area contributed by atoms with Gasteiger partial charge in [-0.1, -0.05) is 35.9 Å². The average molecular weight is 607 g/mol. The molecule has 1 aliphatic heterocycles. The van der Waals surface area contributed by atoms with Gasteiger partial charge < -0.3 is 14.7 Å². The van der Waals surface area contributed by atoms with Gasteiger partial charge in [0.15, 0.2) is 6.29 Å². The van der Waals surface area contributed by atoms with Crippen molar-refractivity contribution in [2.75, 3.05) is 50.1 Å². The normalized spacial score (nSPS) is 17.1. The Kier molecular flexibility index (Phi) is 8.92. The number of hydrogen-bond donors (Lipinski definition) is 0. The standard InChI is InChI=1S/C31H32F6N4O2/c1-29(2,21-9-10-22(30(32,33)34)16-23(15-21)31(35,36)37)28(43)40(4)26-18-38-27(41-13-11-39(3)12-14-41)17-25(26)24-8-6-5-7-20(24)19-42/h5-8,10,15-19H,9,11-14H2,1-4H3. The minimum absolute atomic E-state index is 0.0622. The summed E-state index contributed by atoms with van der Waals surface area (Å²) in [6, 6.07) is 8.55. The number of benzene rings is 1. The molecule has 2 aliphatic rings. The van der Waals surface area contributed by atoms with E-state index in [1.807, 2.05) is 7.05 Å². The van der Waals surface area contributed by atoms with Gasteiger partial charge >= 0.3 is 12.4 Å². The molecule has 0 N–H and O–H groups in total. The van der Waals surface area contributed by atoms with Gasteiger partial charge in [0, 0.05) is 44.4 Å². The van der Waals surface area contributed by atoms with E-state index in [2.05, 4.69) is 14.8 Å². The van der Waals surface area contributed by atoms with Crippen LogP contribution in [0.3, 0.4) is 0 Å². The van der Waals surface area contributed by atoms with E-state index in [1.165, 1.54) is 32.0 Å². The molecule has 0 bridgehead atoms. The quantitative estimate of drug-likeness (QED) is 0.274. The second-order valence-electron chi connectivity index (χ2n) is 11.2. The molecule has 0 unspecified atom stereocenters. The van der Waals surface area contributed by atoms with Crippen LogP contribution >= 0.6 is 0 Å². The minimum atomic E-state index is -5.07. The molecule has 1 amide bonds. The average Bonchev–Trinajstić information content (AvgIpc) is 3.21. The SMILES string of the molecule is CN1CCN(c2cc(-c3ccccc3C=O)c(N(C)C(=O)C(C)(C)C3=CC(C(F)(F)F)=CC(C(F)(F)F)=CC3)cn2)CC1. The van der Waals surface area contributed by atoms with Crippen LogP contribution in [-0.4, -0.2) is 74.7 Å². The van der Waals surface area contributed by atoms with Gasteiger partial charge in [-0.3, -0.25) is 9.59 Å². The highest BCUT2D eigenvalue weighted by molar-refractivity contribution is 6.03. The van der Waals surface area contributed by atoms with Gasteiger partial charge in [-0.25, -0.2) is 4.98 Å². The molecule has 0 radical (unpaired) electrons. The van der Waals surface area contributed by atoms with E-state index in [0.29, 0.717) is 54.0 Å². The zero-order valence-corrected chi connectivity index (χ0v) is 24.2. The van der Waals surface area contributed by atoms with Crippen molar-refractivity contribution in [2.45, 2.75) is 32.6 Å². The van der Waals surface area contributed by atoms with Crippen LogP contribution < -0.4 is 9.80 Å². The van der Waals surface area contributed by atoms with Crippen molar-refractivity contribution < 1.29 is 35.9 Å². The highest BCUT2D eigenvalue weighted by Gasteiger charge is 2.42. The zero-order valence-electron chi connectivity index (χ0n) is 24.2. The fourth-order valence-corrected chi connectivity index (χ4v) is 5.17. The number of aldehydes is 1. The van der Waals surface area contributed by atoms with Crippen molar-refractivity contribution in [3.05, 3.63) is 77.0 Å². The topological polar surface area (TPSA) is 56.8 Å². The summed E-state index contributed by atoms with van der Waals surface area (Å²) in [4.78, 5) is 36.0. The molecule has 0 atom stereocenters. The number of carbonyl (C=O) groups is 2. The van der Waals surface area contributed by atoms with Crippen molar-refractivity contribution in [3.8, 4) is 11.1 Å². The number of likely N-dealkylation sites (N-methyl/N-ethyl adjacent to an activating group) is 1. The molecule has 1 aromatic heterocycles. The fourth-order valence-electron chi connectivity index (χ4n) is 5.17. The van der Waals surface area contributed by atoms with Crippen LogP contribution in [0.2, 0.25) is 0 Å². The summed E-state index contributed by atoms with van der Waals surface area (Å²) < 4.78 is 81.6. The van der Waals surface area contributed by atoms with E-state index in [4.69, 9.17) is 0 Å². The van der Waals surface area contributed by atoms with E-state index in [0.717, 1.165) is 13.1 Å². The summed E-state index contributed by atoms with van der Waals surface area (Å²) in [6.07, 6.45) is -7.07. The van der Waals surface area contributed by atoms with Crippen molar-refractivity contribution in [3.63, 3.8) is 0 Å². The Bertz CT molecular complexity index is 1480. The molecule has 0 saturated carbocycles. The molecule has 12 heteroatoms. The van der Waals surface area contributed by atoms with Gasteiger partial charge in [0.05, 0.1) is 28.4 Å². The number of anilines is 2. The van der Waals surface area contributed by atoms with Gasteiger partial charge in [0.1, 0.15) is 5.82 Å². The number of allylic oxidation sites excluding steroid dienone is 5. The van der Waals surface area contributed by atoms with Crippen LogP contribution in [-0.2, 0) is 4.79 Å². The lowest BCUT2D eigenvalue weighted by molar-refractivity contribution is -0.124. The lowest BCUT2D eigenvalue weighted by atomic mass is 9.80. The van der Waals surface area contributed by atoms with Gasteiger partial charge in [-0.15, -0.1) is 0 Å². The number of carbonyl (C=O) groups excluding carboxylic acids is 2. The van der Waals surface area contributed by atoms with E-state index in [9.17, 15) is 35.9 Å². The first-order chi connectivity index (χ1) is 20.0. The fraction of sp³-hybridized carbons (Fsp3) is 0.387. The maximum absolute atomic E-state index is 14.0. The smallest absolute Gasteiger partial charge is 0.354 e. The van der Waals surface area contributed by atoms with Crippen LogP contribution in [0.1, 0.15) is 30.6 Å². The second kappa shape index (κ2) is 12.0. The van der Waals surface area contributed by atoms with Crippen molar-refractivity contribution in [2.24, 2.45) is 5.41 Å². The molecule has 1 aliphatic carbocycles. The Hall–Kier alpha value is -3.93. The number of hydrogen-bond acceptors (Lipinski definition) is 5. The van der Waals surface area contributed by atoms with Gasteiger partial charge in [-0.05, 0) is 51.1 Å². The Morgan fingerprint density at radius 2 is 1.56 bits per heavy atom. The number of halogens is 6. The van der Waals surface area contributed by atoms with Crippen molar-refractivity contribution >= 4 is 23.7 Å². The molecule has 6 nitrogen and oxygen atoms in total. The first-order valence-electron chi connectivity index (χ1n) is 13.6. The maximum atomic E-state index is 14.0. The summed E-state index contributed by atoms with van der Waals surface area (Å²) in [5, 5.41) is 0. The summed E-state index contributed by atoms with van der Waals surface area (Å²) in [5.41, 5.74) is -3.03. The van der Waals surface area contributed by atoms with Crippen molar-refractivity contribution in [1.29, 1.82) is 0 Å². The summed E-state index contributed by atoms with van der Waals surface area (Å²) in [7, 11) is 3.44. The number of rotatable bonds is 6. The first-order valence-corrected chi connectivity index (χ1v) is 13.6. The number of piperazine rings is 1. The molecule has 230 valence electrons. The van der Waals surface area contributed by atoms with E-state index in [1.54, 1.807) is 30.3 Å². The Labute approximate surface area is 246 Å². The summed E-state index contributed by atoms with van der Waals surface area (Å²) >= 11 is 0. The number of amides is 1. The molecule has 2 aromatic rings. The second-order valence-corrected chi connectivity index (χ2v) is 11.2. The number of alkyl halides is 6. The highest BCUT2D eigenvalue weighted by Crippen LogP contribution is 2.43. The molecule has 1 fully saturated rings. The minimum Gasteiger partial charge on any atom is -0.354 e. The van der Waals surface area contributed by atoms with Crippen LogP contribution in [0.4, 0.5) is 37.8 Å². The summed E-state index contributed by atoms with van der Waals surface area (Å²) in [6.45, 7) is 5.78. The highest BCUT2D eigenvalue weighted by atomic mass is 19.4. The summed E-state index contributed by atoms with van der Waals surface area (Å²) in [5.74, 6) is -0.0352. The van der Waals surface area contributed by atoms with E-state index in [-0.39, 0.29) is 17.3 Å². The molecule has 4 rings (SSSR count). The first kappa shape index (κ1) is 32.0. The number of pyridine rings is 1. The maximum Gasteiger partial charge on any atom is 0.416 e. The Morgan fingerprint density at radius 1 is 0.930 bits per heavy atom. The number of aromatic nitrogens is 1. The van der Waals surface area contributed by atoms with E-state index < -0.39 is 41.2 Å². The molecule has 1 aromatic carbocycles. The van der Waals surface area contributed by atoms with E-state index >= 15 is 0 Å². The van der Waals surface area contributed by atoms with Crippen LogP contribution in [0.15, 0.2) is 71.5 Å². The van der Waals surface area contributed by atoms with Crippen LogP contribution in [0.5, 0.6) is 0 Å². The predicted octanol–water partition coefficient (Wildman–Crippen LogP) is 6.61. The molecular weight excluding hydrogens is 574 g/mol. The molecule has 0 spiro atoms. The molecule has 43 heavy (non-hydrogen) atoms. The van der Waals surface area contributed by atoms with Gasteiger partial charge in [0.25, 0.3) is 0 Å². The third-order valence-corrected chi connectivity index (χ3v) is 7.91. The molecule has 1 saturated heterocycles. The number of nitrogens with zero attached hydrogens (tertiary/aromatic N) is 4. The van der Waals surface area contributed by atoms with Gasteiger partial charge in [0.2, 0.25) is 5.91 Å². The third-order valence-electron chi connectivity index (χ3n) is 7.91. The molecule has 2 heterocycles. The lowest BCUT2D eigenvalue weighted by Crippen LogP contribution is -2.45. The third kappa shape index (κ3) is 6.84. The lowest BCUT2D eigenvalue weighted by Gasteiger charge is -2.35. The molecular formula is C31H32F6N4O2. The Balaban J connectivity index is 1.78. The van der Waals surface area contributed by atoms with Crippen molar-refractivity contribution in [1.82, 2.24) is 9.88 Å². The Morgan fingerprint density at radius 3 is 2.16 bits per heavy atom. The largest absolute Gasteiger partial charge is 0.416 e. The monoisotopic (exact) mass is 606 g/mol.